The number of nitrogens with zero attached hydrogens (tertiary/aromatic N) is 2. The Hall–Kier alpha value is -3.19. The van der Waals surface area contributed by atoms with Gasteiger partial charge in [0, 0.05) is 31.6 Å². The van der Waals surface area contributed by atoms with Crippen molar-refractivity contribution < 1.29 is 19.1 Å². The molecule has 3 amide bonds. The Morgan fingerprint density at radius 3 is 2.32 bits per heavy atom. The molecule has 2 fully saturated rings. The number of piperidine rings is 1. The summed E-state index contributed by atoms with van der Waals surface area (Å²) in [7, 11) is 0. The molecule has 0 bridgehead atoms. The number of rotatable bonds is 9. The molecule has 4 rings (SSSR count). The van der Waals surface area contributed by atoms with E-state index in [1.807, 2.05) is 67.3 Å². The van der Waals surface area contributed by atoms with Crippen LogP contribution >= 0.6 is 0 Å². The van der Waals surface area contributed by atoms with Gasteiger partial charge in [0.25, 0.3) is 0 Å². The molecule has 7 heteroatoms. The third kappa shape index (κ3) is 5.35. The van der Waals surface area contributed by atoms with Crippen LogP contribution in [0.15, 0.2) is 60.7 Å². The van der Waals surface area contributed by atoms with Crippen molar-refractivity contribution in [1.82, 2.24) is 9.80 Å². The predicted octanol–water partition coefficient (Wildman–Crippen LogP) is 3.97. The van der Waals surface area contributed by atoms with Gasteiger partial charge in [-0.2, -0.15) is 0 Å². The molecule has 2 unspecified atom stereocenters. The molecule has 2 heterocycles. The molecule has 2 N–H and O–H groups in total. The third-order valence-electron chi connectivity index (χ3n) is 8.59. The first kappa shape index (κ1) is 27.8. The van der Waals surface area contributed by atoms with Crippen molar-refractivity contribution in [3.05, 3.63) is 71.8 Å². The van der Waals surface area contributed by atoms with Crippen LogP contribution in [0.25, 0.3) is 0 Å². The van der Waals surface area contributed by atoms with E-state index >= 15 is 0 Å². The van der Waals surface area contributed by atoms with Crippen LogP contribution in [-0.4, -0.2) is 59.8 Å². The Balaban J connectivity index is 1.60. The van der Waals surface area contributed by atoms with E-state index in [-0.39, 0.29) is 30.4 Å². The van der Waals surface area contributed by atoms with E-state index in [4.69, 9.17) is 10.5 Å². The maximum Gasteiger partial charge on any atom is 0.231 e. The van der Waals surface area contributed by atoms with Crippen molar-refractivity contribution in [2.45, 2.75) is 59.1 Å². The standard InChI is InChI=1S/C31H41N3O4/c1-22(2)34-18-25(24-14-9-6-10-15-24)31(29(34)37)16-11-17-33(21-31)27(35)26(30(3,4)28(32)36)20-38-19-23-12-7-5-8-13-23/h5-10,12-15,22,25-26H,11,16-21H2,1-4H3,(H2,32,36)/t25?,26-,31?/m1/s1. The fourth-order valence-electron chi connectivity index (χ4n) is 6.02. The number of carbonyl (C=O) groups is 3. The maximum atomic E-state index is 14.1. The highest BCUT2D eigenvalue weighted by molar-refractivity contribution is 5.91. The number of amides is 3. The second-order valence-corrected chi connectivity index (χ2v) is 11.7. The van der Waals surface area contributed by atoms with Gasteiger partial charge in [-0.25, -0.2) is 0 Å². The number of ether oxygens (including phenoxy) is 1. The molecule has 3 atom stereocenters. The number of hydrogen-bond acceptors (Lipinski definition) is 4. The van der Waals surface area contributed by atoms with Crippen LogP contribution in [0.4, 0.5) is 0 Å². The van der Waals surface area contributed by atoms with Crippen molar-refractivity contribution in [2.24, 2.45) is 22.5 Å². The van der Waals surface area contributed by atoms with Gasteiger partial charge in [-0.1, -0.05) is 74.5 Å². The summed E-state index contributed by atoms with van der Waals surface area (Å²) < 4.78 is 5.98. The molecule has 2 aromatic rings. The molecule has 2 aliphatic rings. The van der Waals surface area contributed by atoms with Crippen molar-refractivity contribution in [3.63, 3.8) is 0 Å². The smallest absolute Gasteiger partial charge is 0.231 e. The highest BCUT2D eigenvalue weighted by Gasteiger charge is 2.57. The maximum absolute atomic E-state index is 14.1. The summed E-state index contributed by atoms with van der Waals surface area (Å²) in [6.45, 7) is 9.41. The van der Waals surface area contributed by atoms with E-state index < -0.39 is 22.7 Å². The Labute approximate surface area is 226 Å². The van der Waals surface area contributed by atoms with Crippen LogP contribution in [0.3, 0.4) is 0 Å². The average molecular weight is 520 g/mol. The van der Waals surface area contributed by atoms with Crippen LogP contribution < -0.4 is 5.73 Å². The van der Waals surface area contributed by atoms with E-state index in [9.17, 15) is 14.4 Å². The molecule has 1 spiro atoms. The topological polar surface area (TPSA) is 92.9 Å². The van der Waals surface area contributed by atoms with Crippen LogP contribution in [-0.2, 0) is 25.7 Å². The molecule has 0 saturated carbocycles. The molecular weight excluding hydrogens is 478 g/mol. The molecule has 2 aromatic carbocycles. The zero-order valence-corrected chi connectivity index (χ0v) is 23.1. The lowest BCUT2D eigenvalue weighted by Crippen LogP contribution is -2.56. The molecule has 0 radical (unpaired) electrons. The third-order valence-corrected chi connectivity index (χ3v) is 8.59. The predicted molar refractivity (Wildman–Crippen MR) is 147 cm³/mol. The van der Waals surface area contributed by atoms with Gasteiger partial charge in [0.15, 0.2) is 0 Å². The molecule has 2 aliphatic heterocycles. The van der Waals surface area contributed by atoms with Crippen LogP contribution in [0.5, 0.6) is 0 Å². The molecular formula is C31H41N3O4. The van der Waals surface area contributed by atoms with Crippen molar-refractivity contribution in [1.29, 1.82) is 0 Å². The summed E-state index contributed by atoms with van der Waals surface area (Å²) in [5.41, 5.74) is 6.10. The summed E-state index contributed by atoms with van der Waals surface area (Å²) >= 11 is 0. The Bertz CT molecular complexity index is 1130. The first-order valence-electron chi connectivity index (χ1n) is 13.6. The Morgan fingerprint density at radius 2 is 1.71 bits per heavy atom. The van der Waals surface area contributed by atoms with E-state index in [1.54, 1.807) is 18.7 Å². The zero-order valence-electron chi connectivity index (χ0n) is 23.1. The Morgan fingerprint density at radius 1 is 1.08 bits per heavy atom. The first-order valence-corrected chi connectivity index (χ1v) is 13.6. The van der Waals surface area contributed by atoms with Gasteiger partial charge in [0.05, 0.1) is 30.0 Å². The Kier molecular flexibility index (Phi) is 8.26. The van der Waals surface area contributed by atoms with Crippen LogP contribution in [0.2, 0.25) is 0 Å². The van der Waals surface area contributed by atoms with Gasteiger partial charge in [-0.15, -0.1) is 0 Å². The second-order valence-electron chi connectivity index (χ2n) is 11.7. The van der Waals surface area contributed by atoms with Gasteiger partial charge in [0.1, 0.15) is 0 Å². The minimum absolute atomic E-state index is 0.00821. The highest BCUT2D eigenvalue weighted by Crippen LogP contribution is 2.50. The van der Waals surface area contributed by atoms with Gasteiger partial charge in [-0.3, -0.25) is 14.4 Å². The molecule has 7 nitrogen and oxygen atoms in total. The normalized spacial score (nSPS) is 22.8. The average Bonchev–Trinajstić information content (AvgIpc) is 3.18. The fourth-order valence-corrected chi connectivity index (χ4v) is 6.02. The molecule has 0 aromatic heterocycles. The van der Waals surface area contributed by atoms with Gasteiger partial charge < -0.3 is 20.3 Å². The second kappa shape index (κ2) is 11.3. The lowest BCUT2D eigenvalue weighted by Gasteiger charge is -2.44. The summed E-state index contributed by atoms with van der Waals surface area (Å²) in [4.78, 5) is 44.3. The number of primary amides is 1. The monoisotopic (exact) mass is 519 g/mol. The van der Waals surface area contributed by atoms with Crippen LogP contribution in [0.1, 0.15) is 57.6 Å². The minimum Gasteiger partial charge on any atom is -0.376 e. The quantitative estimate of drug-likeness (QED) is 0.543. The molecule has 2 saturated heterocycles. The van der Waals surface area contributed by atoms with E-state index in [0.717, 1.165) is 24.0 Å². The SMILES string of the molecule is CC(C)N1CC(c2ccccc2)C2(CCCN(C(=O)[C@@H](COCc3ccccc3)C(C)(C)C(N)=O)C2)C1=O. The number of carbonyl (C=O) groups excluding carboxylic acids is 3. The van der Waals surface area contributed by atoms with Crippen molar-refractivity contribution in [3.8, 4) is 0 Å². The van der Waals surface area contributed by atoms with Gasteiger partial charge >= 0.3 is 0 Å². The lowest BCUT2D eigenvalue weighted by molar-refractivity contribution is -0.154. The number of nitrogens with two attached hydrogens (primary N) is 1. The fraction of sp³-hybridized carbons (Fsp3) is 0.516. The van der Waals surface area contributed by atoms with Gasteiger partial charge in [0.2, 0.25) is 17.7 Å². The minimum atomic E-state index is -1.11. The first-order chi connectivity index (χ1) is 18.1. The van der Waals surface area contributed by atoms with Gasteiger partial charge in [-0.05, 0) is 37.8 Å². The molecule has 204 valence electrons. The van der Waals surface area contributed by atoms with E-state index in [0.29, 0.717) is 26.2 Å². The summed E-state index contributed by atoms with van der Waals surface area (Å²) in [5.74, 6) is -1.37. The highest BCUT2D eigenvalue weighted by atomic mass is 16.5. The van der Waals surface area contributed by atoms with Crippen molar-refractivity contribution in [2.75, 3.05) is 26.2 Å². The molecule has 38 heavy (non-hydrogen) atoms. The summed E-state index contributed by atoms with van der Waals surface area (Å²) in [6.07, 6.45) is 1.45. The number of likely N-dealkylation sites (tertiary alicyclic amines) is 2. The summed E-state index contributed by atoms with van der Waals surface area (Å²) in [6, 6.07) is 20.0. The molecule has 0 aliphatic carbocycles. The summed E-state index contributed by atoms with van der Waals surface area (Å²) in [5, 5.41) is 0. The van der Waals surface area contributed by atoms with Crippen LogP contribution in [0, 0.1) is 16.7 Å². The number of hydrogen-bond donors (Lipinski definition) is 1. The lowest BCUT2D eigenvalue weighted by atomic mass is 9.68. The zero-order chi connectivity index (χ0) is 27.5. The number of benzene rings is 2. The largest absolute Gasteiger partial charge is 0.376 e. The van der Waals surface area contributed by atoms with E-state index in [2.05, 4.69) is 12.1 Å². The van der Waals surface area contributed by atoms with E-state index in [1.165, 1.54) is 0 Å². The van der Waals surface area contributed by atoms with Crippen molar-refractivity contribution >= 4 is 17.7 Å².